The van der Waals surface area contributed by atoms with Crippen LogP contribution < -0.4 is 0 Å². The van der Waals surface area contributed by atoms with Crippen LogP contribution in [0.5, 0.6) is 0 Å². The largest absolute Gasteiger partial charge is 0.462 e. The molecule has 0 aromatic heterocycles. The van der Waals surface area contributed by atoms with Crippen molar-refractivity contribution in [1.29, 1.82) is 0 Å². The maximum absolute atomic E-state index is 14.8. The van der Waals surface area contributed by atoms with Gasteiger partial charge in [-0.3, -0.25) is 0 Å². The Morgan fingerprint density at radius 3 is 2.08 bits per heavy atom. The van der Waals surface area contributed by atoms with E-state index in [1.165, 1.54) is 13.8 Å². The third-order valence-electron chi connectivity index (χ3n) is 3.91. The van der Waals surface area contributed by atoms with E-state index in [9.17, 15) is 35.5 Å². The van der Waals surface area contributed by atoms with Gasteiger partial charge in [0.05, 0.1) is 6.61 Å². The molecule has 0 aliphatic heterocycles. The molecule has 0 amide bonds. The van der Waals surface area contributed by atoms with Crippen molar-refractivity contribution >= 4 is 5.97 Å². The molecule has 147 valence electrons. The number of carbonyl (C=O) groups is 1. The lowest BCUT2D eigenvalue weighted by Crippen LogP contribution is -2.60. The number of hydrogen-bond acceptors (Lipinski definition) is 2. The van der Waals surface area contributed by atoms with Crippen LogP contribution in [-0.4, -0.2) is 30.1 Å². The van der Waals surface area contributed by atoms with E-state index in [4.69, 9.17) is 4.74 Å². The third kappa shape index (κ3) is 5.10. The minimum absolute atomic E-state index is 0.0963. The molecule has 0 rings (SSSR count). The van der Waals surface area contributed by atoms with Gasteiger partial charge in [-0.25, -0.2) is 9.18 Å². The van der Waals surface area contributed by atoms with Crippen LogP contribution in [0.2, 0.25) is 0 Å². The first-order chi connectivity index (χ1) is 11.3. The SMILES string of the molecule is C=C(C)C(=O)OCCCC(C)C(F)(CCC)C(F)(F)C(F)(F)[C](F)F. The van der Waals surface area contributed by atoms with Gasteiger partial charge in [0.1, 0.15) is 0 Å². The number of carbonyl (C=O) groups excluding carboxylic acids is 1. The minimum atomic E-state index is -5.88. The Balaban J connectivity index is 5.17. The normalized spacial score (nSPS) is 16.4. The van der Waals surface area contributed by atoms with Crippen molar-refractivity contribution in [2.45, 2.75) is 64.0 Å². The zero-order valence-electron chi connectivity index (χ0n) is 14.3. The van der Waals surface area contributed by atoms with E-state index >= 15 is 0 Å². The van der Waals surface area contributed by atoms with E-state index in [1.807, 2.05) is 0 Å². The molecule has 0 aromatic rings. The van der Waals surface area contributed by atoms with Crippen LogP contribution in [0.15, 0.2) is 12.2 Å². The summed E-state index contributed by atoms with van der Waals surface area (Å²) in [6.07, 6.45) is -5.56. The van der Waals surface area contributed by atoms with Gasteiger partial charge >= 0.3 is 24.2 Å². The van der Waals surface area contributed by atoms with E-state index in [2.05, 4.69) is 6.58 Å². The molecule has 0 aliphatic rings. The summed E-state index contributed by atoms with van der Waals surface area (Å²) in [7, 11) is 0. The third-order valence-corrected chi connectivity index (χ3v) is 3.91. The molecular weight excluding hydrogens is 357 g/mol. The fourth-order valence-corrected chi connectivity index (χ4v) is 2.36. The van der Waals surface area contributed by atoms with Gasteiger partial charge in [0.25, 0.3) is 0 Å². The second kappa shape index (κ2) is 8.89. The number of halogens is 7. The van der Waals surface area contributed by atoms with Gasteiger partial charge in [-0.15, -0.1) is 0 Å². The van der Waals surface area contributed by atoms with Crippen molar-refractivity contribution in [1.82, 2.24) is 0 Å². The molecule has 0 spiro atoms. The Bertz CT molecular complexity index is 465. The van der Waals surface area contributed by atoms with Gasteiger partial charge in [-0.05, 0) is 32.1 Å². The number of hydrogen-bond donors (Lipinski definition) is 0. The number of rotatable bonds is 11. The molecule has 9 heteroatoms. The minimum Gasteiger partial charge on any atom is -0.462 e. The van der Waals surface area contributed by atoms with Gasteiger partial charge in [0.15, 0.2) is 5.67 Å². The molecule has 25 heavy (non-hydrogen) atoms. The predicted octanol–water partition coefficient (Wildman–Crippen LogP) is 5.73. The molecule has 1 radical (unpaired) electrons. The molecular formula is C16H22F7O2. The molecule has 2 atom stereocenters. The smallest absolute Gasteiger partial charge is 0.384 e. The summed E-state index contributed by atoms with van der Waals surface area (Å²) in [6, 6.07) is 0. The van der Waals surface area contributed by atoms with E-state index < -0.39 is 42.2 Å². The van der Waals surface area contributed by atoms with Crippen LogP contribution in [0.25, 0.3) is 0 Å². The molecule has 0 saturated heterocycles. The quantitative estimate of drug-likeness (QED) is 0.198. The van der Waals surface area contributed by atoms with Crippen LogP contribution >= 0.6 is 0 Å². The summed E-state index contributed by atoms with van der Waals surface area (Å²) in [4.78, 5) is 11.2. The maximum Gasteiger partial charge on any atom is 0.384 e. The summed E-state index contributed by atoms with van der Waals surface area (Å²) in [5, 5.41) is 0. The molecule has 2 nitrogen and oxygen atoms in total. The van der Waals surface area contributed by atoms with Crippen LogP contribution in [-0.2, 0) is 9.53 Å². The van der Waals surface area contributed by atoms with Gasteiger partial charge in [0, 0.05) is 5.57 Å². The molecule has 0 aromatic carbocycles. The van der Waals surface area contributed by atoms with Crippen LogP contribution in [0, 0.1) is 12.3 Å². The Morgan fingerprint density at radius 1 is 1.16 bits per heavy atom. The molecule has 0 fully saturated rings. The lowest BCUT2D eigenvalue weighted by Gasteiger charge is -2.41. The van der Waals surface area contributed by atoms with Crippen molar-refractivity contribution in [3.8, 4) is 0 Å². The first-order valence-corrected chi connectivity index (χ1v) is 7.71. The van der Waals surface area contributed by atoms with Gasteiger partial charge in [-0.2, -0.15) is 26.3 Å². The number of ether oxygens (including phenoxy) is 1. The second-order valence-corrected chi connectivity index (χ2v) is 5.98. The number of esters is 1. The molecule has 0 heterocycles. The fourth-order valence-electron chi connectivity index (χ4n) is 2.36. The van der Waals surface area contributed by atoms with Crippen molar-refractivity contribution in [3.63, 3.8) is 0 Å². The Hall–Kier alpha value is -1.28. The highest BCUT2D eigenvalue weighted by atomic mass is 19.3. The predicted molar refractivity (Wildman–Crippen MR) is 78.3 cm³/mol. The summed E-state index contributed by atoms with van der Waals surface area (Å²) in [6.45, 7) is 6.65. The summed E-state index contributed by atoms with van der Waals surface area (Å²) >= 11 is 0. The highest BCUT2D eigenvalue weighted by Gasteiger charge is 2.75. The zero-order valence-corrected chi connectivity index (χ0v) is 14.3. The maximum atomic E-state index is 14.8. The molecule has 0 aliphatic carbocycles. The van der Waals surface area contributed by atoms with Gasteiger partial charge in [-0.1, -0.05) is 26.8 Å². The van der Waals surface area contributed by atoms with Crippen molar-refractivity contribution in [2.75, 3.05) is 6.61 Å². The van der Waals surface area contributed by atoms with Gasteiger partial charge < -0.3 is 4.74 Å². The van der Waals surface area contributed by atoms with Gasteiger partial charge in [0.2, 0.25) is 0 Å². The monoisotopic (exact) mass is 379 g/mol. The molecule has 2 unspecified atom stereocenters. The average Bonchev–Trinajstić information content (AvgIpc) is 2.50. The highest BCUT2D eigenvalue weighted by molar-refractivity contribution is 5.86. The Labute approximate surface area is 142 Å². The lowest BCUT2D eigenvalue weighted by molar-refractivity contribution is -0.296. The van der Waals surface area contributed by atoms with Crippen LogP contribution in [0.4, 0.5) is 30.7 Å². The summed E-state index contributed by atoms with van der Waals surface area (Å²) in [5.74, 6) is -13.9. The first-order valence-electron chi connectivity index (χ1n) is 7.71. The number of alkyl halides is 5. The Morgan fingerprint density at radius 2 is 1.68 bits per heavy atom. The topological polar surface area (TPSA) is 26.3 Å². The van der Waals surface area contributed by atoms with Crippen molar-refractivity contribution in [2.24, 2.45) is 5.92 Å². The zero-order chi connectivity index (χ0) is 20.1. The van der Waals surface area contributed by atoms with Crippen LogP contribution in [0.3, 0.4) is 0 Å². The molecule has 0 bridgehead atoms. The Kier molecular flexibility index (Phi) is 8.44. The molecule has 0 saturated carbocycles. The standard InChI is InChI=1S/C16H22F7O2/c1-5-8-14(19,16(22,23)15(20,21)13(17)18)11(4)7-6-9-25-12(24)10(2)3/h11H,2,5-9H2,1,3-4H3. The molecule has 0 N–H and O–H groups in total. The summed E-state index contributed by atoms with van der Waals surface area (Å²) in [5.41, 5.74) is -3.74. The van der Waals surface area contributed by atoms with E-state index in [0.717, 1.165) is 6.92 Å². The van der Waals surface area contributed by atoms with Crippen molar-refractivity contribution < 1.29 is 40.3 Å². The fraction of sp³-hybridized carbons (Fsp3) is 0.750. The highest BCUT2D eigenvalue weighted by Crippen LogP contribution is 2.54. The van der Waals surface area contributed by atoms with E-state index in [0.29, 0.717) is 0 Å². The lowest BCUT2D eigenvalue weighted by atomic mass is 9.76. The second-order valence-electron chi connectivity index (χ2n) is 5.98. The van der Waals surface area contributed by atoms with Crippen molar-refractivity contribution in [3.05, 3.63) is 18.6 Å². The van der Waals surface area contributed by atoms with E-state index in [1.54, 1.807) is 0 Å². The first kappa shape index (κ1) is 23.7. The van der Waals surface area contributed by atoms with Crippen LogP contribution in [0.1, 0.15) is 46.5 Å². The van der Waals surface area contributed by atoms with E-state index in [-0.39, 0.29) is 31.4 Å². The summed E-state index contributed by atoms with van der Waals surface area (Å²) < 4.78 is 98.4. The average molecular weight is 379 g/mol.